The van der Waals surface area contributed by atoms with E-state index in [1.54, 1.807) is 19.1 Å². The number of nitrogens with two attached hydrogens (primary N) is 1. The van der Waals surface area contributed by atoms with Crippen molar-refractivity contribution in [2.24, 2.45) is 5.73 Å². The molecule has 5 rings (SSSR count). The average Bonchev–Trinajstić information content (AvgIpc) is 3.02. The number of rotatable bonds is 10. The van der Waals surface area contributed by atoms with E-state index in [-0.39, 0.29) is 24.3 Å². The van der Waals surface area contributed by atoms with E-state index in [1.807, 2.05) is 35.2 Å². The Morgan fingerprint density at radius 1 is 0.886 bits per heavy atom. The van der Waals surface area contributed by atoms with Crippen LogP contribution in [0.3, 0.4) is 0 Å². The van der Waals surface area contributed by atoms with E-state index >= 15 is 0 Å². The molecule has 0 radical (unpaired) electrons. The van der Waals surface area contributed by atoms with E-state index in [1.165, 1.54) is 22.8 Å². The lowest BCUT2D eigenvalue weighted by Crippen LogP contribution is -2.52. The Kier molecular flexibility index (Phi) is 9.31. The summed E-state index contributed by atoms with van der Waals surface area (Å²) in [4.78, 5) is 42.3. The number of nitro benzene ring substituents is 1. The zero-order valence-electron chi connectivity index (χ0n) is 24.4. The third-order valence-corrected chi connectivity index (χ3v) is 8.19. The molecular weight excluding hydrogens is 570 g/mol. The number of nitro groups is 1. The van der Waals surface area contributed by atoms with E-state index < -0.39 is 33.8 Å². The van der Waals surface area contributed by atoms with Crippen LogP contribution in [0.15, 0.2) is 82.4 Å². The fourth-order valence-corrected chi connectivity index (χ4v) is 5.61. The van der Waals surface area contributed by atoms with Crippen molar-refractivity contribution in [2.45, 2.75) is 32.5 Å². The van der Waals surface area contributed by atoms with Gasteiger partial charge in [0.25, 0.3) is 11.2 Å². The topological polar surface area (TPSA) is 120 Å². The molecule has 2 heterocycles. The molecule has 1 aliphatic heterocycles. The first kappa shape index (κ1) is 30.8. The first-order valence-corrected chi connectivity index (χ1v) is 14.4. The Hall–Kier alpha value is -4.68. The van der Waals surface area contributed by atoms with E-state index in [9.17, 15) is 28.5 Å². The molecule has 3 aromatic carbocycles. The number of piperazine rings is 1. The van der Waals surface area contributed by atoms with Crippen molar-refractivity contribution in [3.05, 3.63) is 138 Å². The van der Waals surface area contributed by atoms with Crippen LogP contribution in [0, 0.1) is 28.7 Å². The quantitative estimate of drug-likeness (QED) is 0.217. The van der Waals surface area contributed by atoms with Crippen LogP contribution in [0.1, 0.15) is 28.4 Å². The standard InChI is InChI=1S/C32H34F2N6O4/c1-22-30(37-18-16-36(17-19-37)15-14-23-10-12-25(13-11-23)40(43)44)31(41)39(21-29(35)24-6-3-2-4-7-24)32(42)38(22)20-26-27(33)8-5-9-28(26)34/h2-13,29H,14-21,35H2,1H3/t29-/m1/s1. The summed E-state index contributed by atoms with van der Waals surface area (Å²) in [5, 5.41) is 10.9. The van der Waals surface area contributed by atoms with Crippen LogP contribution in [0.4, 0.5) is 20.2 Å². The highest BCUT2D eigenvalue weighted by atomic mass is 19.1. The highest BCUT2D eigenvalue weighted by Gasteiger charge is 2.26. The fraction of sp³-hybridized carbons (Fsp3) is 0.312. The minimum atomic E-state index is -0.779. The Bertz CT molecular complexity index is 1730. The van der Waals surface area contributed by atoms with Crippen molar-refractivity contribution in [1.29, 1.82) is 0 Å². The minimum Gasteiger partial charge on any atom is -0.363 e. The van der Waals surface area contributed by atoms with Gasteiger partial charge in [-0.25, -0.2) is 13.6 Å². The van der Waals surface area contributed by atoms with Gasteiger partial charge in [-0.15, -0.1) is 0 Å². The number of benzene rings is 3. The molecule has 4 aromatic rings. The van der Waals surface area contributed by atoms with Gasteiger partial charge >= 0.3 is 5.69 Å². The molecule has 44 heavy (non-hydrogen) atoms. The number of hydrogen-bond acceptors (Lipinski definition) is 7. The Morgan fingerprint density at radius 2 is 1.52 bits per heavy atom. The second-order valence-corrected chi connectivity index (χ2v) is 10.9. The lowest BCUT2D eigenvalue weighted by molar-refractivity contribution is -0.384. The van der Waals surface area contributed by atoms with Crippen molar-refractivity contribution >= 4 is 11.4 Å². The summed E-state index contributed by atoms with van der Waals surface area (Å²) in [5.74, 6) is -1.56. The number of nitrogens with zero attached hydrogens (tertiary/aromatic N) is 5. The second-order valence-electron chi connectivity index (χ2n) is 10.9. The van der Waals surface area contributed by atoms with E-state index in [2.05, 4.69) is 4.90 Å². The predicted octanol–water partition coefficient (Wildman–Crippen LogP) is 3.62. The molecule has 0 saturated carbocycles. The summed E-state index contributed by atoms with van der Waals surface area (Å²) in [6, 6.07) is 18.5. The first-order valence-electron chi connectivity index (χ1n) is 14.4. The maximum absolute atomic E-state index is 14.7. The van der Waals surface area contributed by atoms with Gasteiger partial charge in [-0.05, 0) is 36.6 Å². The Balaban J connectivity index is 1.41. The number of aromatic nitrogens is 2. The molecule has 2 N–H and O–H groups in total. The maximum Gasteiger partial charge on any atom is 0.331 e. The monoisotopic (exact) mass is 604 g/mol. The molecule has 0 aliphatic carbocycles. The predicted molar refractivity (Wildman–Crippen MR) is 164 cm³/mol. The van der Waals surface area contributed by atoms with Crippen LogP contribution in [0.2, 0.25) is 0 Å². The molecule has 1 aliphatic rings. The molecule has 1 fully saturated rings. The van der Waals surface area contributed by atoms with E-state index in [4.69, 9.17) is 5.73 Å². The first-order chi connectivity index (χ1) is 21.1. The van der Waals surface area contributed by atoms with Crippen LogP contribution in [0.25, 0.3) is 0 Å². The highest BCUT2D eigenvalue weighted by Crippen LogP contribution is 2.21. The molecule has 230 valence electrons. The minimum absolute atomic E-state index is 0.0483. The van der Waals surface area contributed by atoms with Gasteiger partial charge in [0, 0.05) is 62.2 Å². The molecule has 12 heteroatoms. The van der Waals surface area contributed by atoms with Gasteiger partial charge in [-0.1, -0.05) is 48.5 Å². The van der Waals surface area contributed by atoms with Crippen LogP contribution < -0.4 is 21.9 Å². The lowest BCUT2D eigenvalue weighted by Gasteiger charge is -2.37. The molecule has 0 amide bonds. The highest BCUT2D eigenvalue weighted by molar-refractivity contribution is 5.50. The Morgan fingerprint density at radius 3 is 2.14 bits per heavy atom. The smallest absolute Gasteiger partial charge is 0.331 e. The number of halogens is 2. The van der Waals surface area contributed by atoms with Gasteiger partial charge in [-0.2, -0.15) is 0 Å². The van der Waals surface area contributed by atoms with Gasteiger partial charge in [0.15, 0.2) is 0 Å². The molecule has 1 atom stereocenters. The normalized spacial score (nSPS) is 14.5. The summed E-state index contributed by atoms with van der Waals surface area (Å²) in [6.45, 7) is 4.12. The van der Waals surface area contributed by atoms with Crippen molar-refractivity contribution in [2.75, 3.05) is 37.6 Å². The third-order valence-electron chi connectivity index (χ3n) is 8.19. The zero-order chi connectivity index (χ0) is 31.4. The van der Waals surface area contributed by atoms with E-state index in [0.29, 0.717) is 44.0 Å². The van der Waals surface area contributed by atoms with E-state index in [0.717, 1.165) is 34.4 Å². The molecule has 1 aromatic heterocycles. The van der Waals surface area contributed by atoms with Crippen LogP contribution >= 0.6 is 0 Å². The molecule has 10 nitrogen and oxygen atoms in total. The molecule has 0 unspecified atom stereocenters. The van der Waals surface area contributed by atoms with Crippen molar-refractivity contribution < 1.29 is 13.7 Å². The molecular formula is C32H34F2N6O4. The van der Waals surface area contributed by atoms with Crippen LogP contribution in [-0.4, -0.2) is 51.7 Å². The summed E-state index contributed by atoms with van der Waals surface area (Å²) >= 11 is 0. The van der Waals surface area contributed by atoms with Gasteiger partial charge in [-0.3, -0.25) is 28.9 Å². The maximum atomic E-state index is 14.7. The van der Waals surface area contributed by atoms with Gasteiger partial charge in [0.05, 0.1) is 18.0 Å². The van der Waals surface area contributed by atoms with Gasteiger partial charge in [0.2, 0.25) is 0 Å². The summed E-state index contributed by atoms with van der Waals surface area (Å²) < 4.78 is 31.7. The molecule has 0 bridgehead atoms. The van der Waals surface area contributed by atoms with Crippen molar-refractivity contribution in [1.82, 2.24) is 14.0 Å². The molecule has 0 spiro atoms. The summed E-state index contributed by atoms with van der Waals surface area (Å²) in [6.07, 6.45) is 0.709. The summed E-state index contributed by atoms with van der Waals surface area (Å²) in [7, 11) is 0. The van der Waals surface area contributed by atoms with Crippen LogP contribution in [-0.2, 0) is 19.5 Å². The SMILES string of the molecule is Cc1c(N2CCN(CCc3ccc([N+](=O)[O-])cc3)CC2)c(=O)n(C[C@@H](N)c2ccccc2)c(=O)n1Cc1c(F)cccc1F. The molecule has 1 saturated heterocycles. The van der Waals surface area contributed by atoms with Gasteiger partial charge < -0.3 is 10.6 Å². The Labute approximate surface area is 252 Å². The van der Waals surface area contributed by atoms with Crippen LogP contribution in [0.5, 0.6) is 0 Å². The second kappa shape index (κ2) is 13.3. The van der Waals surface area contributed by atoms with Crippen molar-refractivity contribution in [3.8, 4) is 0 Å². The largest absolute Gasteiger partial charge is 0.363 e. The zero-order valence-corrected chi connectivity index (χ0v) is 24.4. The fourth-order valence-electron chi connectivity index (χ4n) is 5.61. The lowest BCUT2D eigenvalue weighted by atomic mass is 10.1. The van der Waals surface area contributed by atoms with Crippen molar-refractivity contribution in [3.63, 3.8) is 0 Å². The third kappa shape index (κ3) is 6.61. The number of anilines is 1. The number of hydrogen-bond donors (Lipinski definition) is 1. The average molecular weight is 605 g/mol. The summed E-state index contributed by atoms with van der Waals surface area (Å²) in [5.41, 5.74) is 7.38. The number of non-ortho nitro benzene ring substituents is 1. The van der Waals surface area contributed by atoms with Gasteiger partial charge in [0.1, 0.15) is 17.3 Å².